The van der Waals surface area contributed by atoms with Crippen molar-refractivity contribution in [1.82, 2.24) is 0 Å². The number of halogens is 2. The monoisotopic (exact) mass is 418 g/mol. The highest BCUT2D eigenvalue weighted by Crippen LogP contribution is 2.39. The van der Waals surface area contributed by atoms with Gasteiger partial charge in [0.2, 0.25) is 5.78 Å². The van der Waals surface area contributed by atoms with E-state index in [-0.39, 0.29) is 31.5 Å². The van der Waals surface area contributed by atoms with Gasteiger partial charge in [-0.15, -0.1) is 0 Å². The number of unbranched alkanes of at least 4 members (excludes halogenated alkanes) is 3. The summed E-state index contributed by atoms with van der Waals surface area (Å²) >= 11 is 0. The summed E-state index contributed by atoms with van der Waals surface area (Å²) in [7, 11) is 0. The molecule has 3 atom stereocenters. The van der Waals surface area contributed by atoms with Crippen LogP contribution in [0.2, 0.25) is 0 Å². The van der Waals surface area contributed by atoms with Crippen LogP contribution in [0.4, 0.5) is 8.78 Å². The summed E-state index contributed by atoms with van der Waals surface area (Å²) in [6, 6.07) is 0. The minimum absolute atomic E-state index is 0.0157. The van der Waals surface area contributed by atoms with E-state index in [4.69, 9.17) is 5.11 Å². The lowest BCUT2D eigenvalue weighted by Crippen LogP contribution is -2.35. The molecule has 0 radical (unpaired) electrons. The second-order valence-electron chi connectivity index (χ2n) is 9.22. The van der Waals surface area contributed by atoms with Crippen molar-refractivity contribution >= 4 is 17.5 Å². The summed E-state index contributed by atoms with van der Waals surface area (Å²) < 4.78 is 28.6. The van der Waals surface area contributed by atoms with E-state index in [0.29, 0.717) is 25.7 Å². The maximum atomic E-state index is 14.3. The number of Topliss-reactive ketones (excluding diaryl/α,β-unsaturated/α-hetero) is 2. The number of aliphatic hydroxyl groups is 1. The van der Waals surface area contributed by atoms with Crippen molar-refractivity contribution in [2.24, 2.45) is 17.3 Å². The topological polar surface area (TPSA) is 91.7 Å². The number of ketones is 2. The number of aliphatic carboxylic acids is 1. The highest BCUT2D eigenvalue weighted by atomic mass is 19.3. The lowest BCUT2D eigenvalue weighted by molar-refractivity contribution is -0.148. The van der Waals surface area contributed by atoms with E-state index in [2.05, 4.69) is 0 Å². The highest BCUT2D eigenvalue weighted by Gasteiger charge is 2.45. The van der Waals surface area contributed by atoms with Gasteiger partial charge in [0.05, 0.1) is 6.10 Å². The zero-order valence-electron chi connectivity index (χ0n) is 17.9. The van der Waals surface area contributed by atoms with Gasteiger partial charge in [0.25, 0.3) is 0 Å². The van der Waals surface area contributed by atoms with Crippen LogP contribution in [0.25, 0.3) is 0 Å². The Bertz CT molecular complexity index is 574. The van der Waals surface area contributed by atoms with E-state index < -0.39 is 47.5 Å². The van der Waals surface area contributed by atoms with E-state index in [1.54, 1.807) is 13.8 Å². The molecule has 1 rings (SSSR count). The number of carboxylic acids is 1. The standard InChI is InChI=1S/C22H36F2O5/c1-4-21(2,3)14-22(23,24)19(27)12-11-16-15(17(25)13-18(16)26)9-7-5-6-8-10-20(28)29/h15-16,18,26H,4-14H2,1-3H3,(H,28,29)/t15-,16-,18-/m1/s1. The van der Waals surface area contributed by atoms with Crippen molar-refractivity contribution in [3.05, 3.63) is 0 Å². The first-order valence-corrected chi connectivity index (χ1v) is 10.7. The molecule has 29 heavy (non-hydrogen) atoms. The third-order valence-electron chi connectivity index (χ3n) is 6.26. The number of rotatable bonds is 14. The first-order chi connectivity index (χ1) is 13.4. The summed E-state index contributed by atoms with van der Waals surface area (Å²) in [6.07, 6.45) is 2.42. The lowest BCUT2D eigenvalue weighted by Gasteiger charge is -2.28. The minimum Gasteiger partial charge on any atom is -0.481 e. The molecule has 1 saturated carbocycles. The largest absolute Gasteiger partial charge is 0.481 e. The van der Waals surface area contributed by atoms with Gasteiger partial charge in [-0.05, 0) is 30.6 Å². The van der Waals surface area contributed by atoms with Crippen molar-refractivity contribution in [3.8, 4) is 0 Å². The SMILES string of the molecule is CCC(C)(C)CC(F)(F)C(=O)CC[C@H]1[C@H](O)CC(=O)[C@@H]1CCCCCCC(=O)O. The maximum Gasteiger partial charge on any atom is 0.305 e. The van der Waals surface area contributed by atoms with E-state index in [1.165, 1.54) is 0 Å². The van der Waals surface area contributed by atoms with Crippen LogP contribution >= 0.6 is 0 Å². The predicted molar refractivity (Wildman–Crippen MR) is 106 cm³/mol. The van der Waals surface area contributed by atoms with Gasteiger partial charge in [0, 0.05) is 31.6 Å². The Hall–Kier alpha value is -1.37. The molecule has 0 aromatic carbocycles. The van der Waals surface area contributed by atoms with E-state index in [9.17, 15) is 28.3 Å². The van der Waals surface area contributed by atoms with Crippen molar-refractivity contribution in [2.75, 3.05) is 0 Å². The van der Waals surface area contributed by atoms with Gasteiger partial charge in [-0.2, -0.15) is 8.78 Å². The Morgan fingerprint density at radius 3 is 2.28 bits per heavy atom. The normalized spacial score (nSPS) is 22.8. The number of hydrogen-bond donors (Lipinski definition) is 2. The molecule has 1 fully saturated rings. The van der Waals surface area contributed by atoms with Crippen LogP contribution in [0.15, 0.2) is 0 Å². The van der Waals surface area contributed by atoms with Crippen molar-refractivity contribution in [2.45, 2.75) is 103 Å². The number of aliphatic hydroxyl groups excluding tert-OH is 1. The molecule has 0 amide bonds. The van der Waals surface area contributed by atoms with E-state index in [1.807, 2.05) is 6.92 Å². The average Bonchev–Trinajstić information content (AvgIpc) is 2.87. The number of carbonyl (C=O) groups excluding carboxylic acids is 2. The molecule has 0 saturated heterocycles. The summed E-state index contributed by atoms with van der Waals surface area (Å²) in [5.74, 6) is -6.27. The molecule has 0 bridgehead atoms. The molecule has 2 N–H and O–H groups in total. The Kier molecular flexibility index (Phi) is 9.86. The number of carbonyl (C=O) groups is 3. The third kappa shape index (κ3) is 8.49. The molecular formula is C22H36F2O5. The van der Waals surface area contributed by atoms with Gasteiger partial charge in [-0.1, -0.05) is 46.5 Å². The summed E-state index contributed by atoms with van der Waals surface area (Å²) in [4.78, 5) is 34.8. The first kappa shape index (κ1) is 25.7. The Morgan fingerprint density at radius 2 is 1.69 bits per heavy atom. The predicted octanol–water partition coefficient (Wildman–Crippen LogP) is 4.79. The number of alkyl halides is 2. The van der Waals surface area contributed by atoms with Crippen LogP contribution in [-0.4, -0.2) is 39.8 Å². The van der Waals surface area contributed by atoms with Gasteiger partial charge in [-0.3, -0.25) is 14.4 Å². The molecule has 0 unspecified atom stereocenters. The van der Waals surface area contributed by atoms with Crippen LogP contribution in [0.1, 0.15) is 91.4 Å². The molecule has 0 aliphatic heterocycles. The van der Waals surface area contributed by atoms with Crippen LogP contribution in [0.5, 0.6) is 0 Å². The molecule has 1 aliphatic rings. The Morgan fingerprint density at radius 1 is 1.07 bits per heavy atom. The Labute approximate surface area is 172 Å². The van der Waals surface area contributed by atoms with Gasteiger partial charge in [0.15, 0.2) is 0 Å². The fourth-order valence-corrected chi connectivity index (χ4v) is 4.08. The van der Waals surface area contributed by atoms with Crippen LogP contribution in [0, 0.1) is 17.3 Å². The fourth-order valence-electron chi connectivity index (χ4n) is 4.08. The maximum absolute atomic E-state index is 14.3. The molecule has 0 heterocycles. The van der Waals surface area contributed by atoms with Gasteiger partial charge in [-0.25, -0.2) is 0 Å². The van der Waals surface area contributed by atoms with Crippen LogP contribution < -0.4 is 0 Å². The lowest BCUT2D eigenvalue weighted by atomic mass is 9.81. The van der Waals surface area contributed by atoms with E-state index >= 15 is 0 Å². The van der Waals surface area contributed by atoms with Gasteiger partial charge >= 0.3 is 11.9 Å². The highest BCUT2D eigenvalue weighted by molar-refractivity contribution is 5.86. The molecule has 1 aliphatic carbocycles. The zero-order chi connectivity index (χ0) is 22.2. The Balaban J connectivity index is 2.53. The summed E-state index contributed by atoms with van der Waals surface area (Å²) in [5.41, 5.74) is -0.634. The quantitative estimate of drug-likeness (QED) is 0.396. The van der Waals surface area contributed by atoms with E-state index in [0.717, 1.165) is 12.8 Å². The smallest absolute Gasteiger partial charge is 0.305 e. The average molecular weight is 419 g/mol. The van der Waals surface area contributed by atoms with Crippen LogP contribution in [-0.2, 0) is 14.4 Å². The molecule has 7 heteroatoms. The molecule has 168 valence electrons. The van der Waals surface area contributed by atoms with Gasteiger partial charge < -0.3 is 10.2 Å². The van der Waals surface area contributed by atoms with Gasteiger partial charge in [0.1, 0.15) is 5.78 Å². The molecule has 0 aromatic heterocycles. The first-order valence-electron chi connectivity index (χ1n) is 10.7. The number of carboxylic acid groups (broad SMARTS) is 1. The number of hydrogen-bond acceptors (Lipinski definition) is 4. The minimum atomic E-state index is -3.40. The molecule has 0 spiro atoms. The molecular weight excluding hydrogens is 382 g/mol. The fraction of sp³-hybridized carbons (Fsp3) is 0.864. The summed E-state index contributed by atoms with van der Waals surface area (Å²) in [6.45, 7) is 5.23. The van der Waals surface area contributed by atoms with Crippen molar-refractivity contribution < 1.29 is 33.4 Å². The third-order valence-corrected chi connectivity index (χ3v) is 6.26. The molecule has 0 aromatic rings. The van der Waals surface area contributed by atoms with Crippen molar-refractivity contribution in [1.29, 1.82) is 0 Å². The van der Waals surface area contributed by atoms with Crippen LogP contribution in [0.3, 0.4) is 0 Å². The second-order valence-corrected chi connectivity index (χ2v) is 9.22. The second kappa shape index (κ2) is 11.1. The zero-order valence-corrected chi connectivity index (χ0v) is 17.9. The van der Waals surface area contributed by atoms with Crippen molar-refractivity contribution in [3.63, 3.8) is 0 Å². The summed E-state index contributed by atoms with van der Waals surface area (Å²) in [5, 5.41) is 18.8. The molecule has 5 nitrogen and oxygen atoms in total.